The Hall–Kier alpha value is -2.31. The molecule has 5 N–H and O–H groups in total. The summed E-state index contributed by atoms with van der Waals surface area (Å²) in [6, 6.07) is 0.725. The van der Waals surface area contributed by atoms with Gasteiger partial charge in [0, 0.05) is 18.0 Å². The summed E-state index contributed by atoms with van der Waals surface area (Å²) in [4.78, 5) is 26.2. The van der Waals surface area contributed by atoms with Gasteiger partial charge < -0.3 is 21.2 Å². The smallest absolute Gasteiger partial charge is 0.257 e. The molecule has 0 aliphatic carbocycles. The van der Waals surface area contributed by atoms with E-state index in [-0.39, 0.29) is 16.8 Å². The van der Waals surface area contributed by atoms with E-state index >= 15 is 0 Å². The first-order chi connectivity index (χ1) is 8.49. The molecule has 0 aliphatic rings. The molecule has 18 heavy (non-hydrogen) atoms. The summed E-state index contributed by atoms with van der Waals surface area (Å²) in [5.41, 5.74) is 5.70. The fourth-order valence-electron chi connectivity index (χ4n) is 1.44. The number of amides is 1. The molecule has 1 aromatic rings. The lowest BCUT2D eigenvalue weighted by Gasteiger charge is -2.14. The number of nitrogens with two attached hydrogens (primary N) is 1. The van der Waals surface area contributed by atoms with Crippen LogP contribution in [-0.2, 0) is 0 Å². The largest absolute Gasteiger partial charge is 0.409 e. The summed E-state index contributed by atoms with van der Waals surface area (Å²) in [7, 11) is 0. The molecule has 0 saturated carbocycles. The van der Waals surface area contributed by atoms with Gasteiger partial charge in [0.2, 0.25) is 0 Å². The molecule has 1 unspecified atom stereocenters. The van der Waals surface area contributed by atoms with E-state index in [0.29, 0.717) is 12.1 Å². The molecule has 7 nitrogen and oxygen atoms in total. The second-order valence-electron chi connectivity index (χ2n) is 3.85. The Morgan fingerprint density at radius 1 is 1.67 bits per heavy atom. The Morgan fingerprint density at radius 2 is 2.33 bits per heavy atom. The average molecular weight is 252 g/mol. The summed E-state index contributed by atoms with van der Waals surface area (Å²) < 4.78 is 0. The summed E-state index contributed by atoms with van der Waals surface area (Å²) in [5.74, 6) is -0.663. The average Bonchev–Trinajstić information content (AvgIpc) is 2.34. The van der Waals surface area contributed by atoms with Crippen LogP contribution in [0.1, 0.15) is 29.4 Å². The van der Waals surface area contributed by atoms with E-state index in [1.54, 1.807) is 13.8 Å². The van der Waals surface area contributed by atoms with Crippen molar-refractivity contribution in [3.8, 4) is 0 Å². The van der Waals surface area contributed by atoms with Crippen LogP contribution in [0.25, 0.3) is 0 Å². The van der Waals surface area contributed by atoms with Crippen molar-refractivity contribution in [1.82, 2.24) is 10.3 Å². The molecule has 0 saturated heterocycles. The Balaban J connectivity index is 2.91. The third-order valence-electron chi connectivity index (χ3n) is 2.49. The zero-order chi connectivity index (χ0) is 13.7. The van der Waals surface area contributed by atoms with Crippen molar-refractivity contribution in [1.29, 1.82) is 0 Å². The number of hydrogen-bond donors (Lipinski definition) is 4. The predicted octanol–water partition coefficient (Wildman–Crippen LogP) is -0.0619. The molecule has 0 bridgehead atoms. The van der Waals surface area contributed by atoms with E-state index in [2.05, 4.69) is 15.5 Å². The number of carbonyl (C=O) groups is 1. The molecule has 0 spiro atoms. The first-order valence-corrected chi connectivity index (χ1v) is 5.47. The molecular formula is C11H16N4O3. The number of amidine groups is 1. The van der Waals surface area contributed by atoms with E-state index in [1.165, 1.54) is 12.3 Å². The standard InChI is InChI=1S/C11H16N4O3/c1-3-8(10(12)15-18)14-11(17)7-5-13-6(2)4-9(7)16/h4-5,8,18H,3H2,1-2H3,(H2,12,15)(H,13,16)(H,14,17). The van der Waals surface area contributed by atoms with Crippen LogP contribution >= 0.6 is 0 Å². The number of rotatable bonds is 4. The number of nitrogens with zero attached hydrogens (tertiary/aromatic N) is 1. The Bertz CT molecular complexity index is 521. The second-order valence-corrected chi connectivity index (χ2v) is 3.85. The first-order valence-electron chi connectivity index (χ1n) is 5.47. The normalized spacial score (nSPS) is 13.1. The third kappa shape index (κ3) is 3.09. The van der Waals surface area contributed by atoms with Gasteiger partial charge in [0.05, 0.1) is 6.04 Å². The van der Waals surface area contributed by atoms with Crippen LogP contribution in [0.2, 0.25) is 0 Å². The predicted molar refractivity (Wildman–Crippen MR) is 66.8 cm³/mol. The number of pyridine rings is 1. The maximum Gasteiger partial charge on any atom is 0.257 e. The minimum Gasteiger partial charge on any atom is -0.409 e. The molecule has 7 heteroatoms. The molecule has 0 fully saturated rings. The number of aryl methyl sites for hydroxylation is 1. The first kappa shape index (κ1) is 13.8. The lowest BCUT2D eigenvalue weighted by molar-refractivity contribution is 0.0944. The van der Waals surface area contributed by atoms with Gasteiger partial charge in [-0.1, -0.05) is 12.1 Å². The lowest BCUT2D eigenvalue weighted by atomic mass is 10.1. The Morgan fingerprint density at radius 3 is 2.83 bits per heavy atom. The number of hydrogen-bond acceptors (Lipinski definition) is 4. The number of aromatic nitrogens is 1. The van der Waals surface area contributed by atoms with E-state index in [4.69, 9.17) is 10.9 Å². The number of oxime groups is 1. The van der Waals surface area contributed by atoms with Crippen molar-refractivity contribution >= 4 is 11.7 Å². The minimum absolute atomic E-state index is 0.00945. The van der Waals surface area contributed by atoms with E-state index < -0.39 is 11.9 Å². The molecular weight excluding hydrogens is 236 g/mol. The van der Waals surface area contributed by atoms with Gasteiger partial charge >= 0.3 is 0 Å². The Labute approximate surface area is 104 Å². The van der Waals surface area contributed by atoms with Crippen molar-refractivity contribution in [2.45, 2.75) is 26.3 Å². The van der Waals surface area contributed by atoms with E-state index in [0.717, 1.165) is 0 Å². The molecule has 1 atom stereocenters. The zero-order valence-electron chi connectivity index (χ0n) is 10.2. The van der Waals surface area contributed by atoms with Crippen molar-refractivity contribution in [3.63, 3.8) is 0 Å². The van der Waals surface area contributed by atoms with Crippen LogP contribution in [0.4, 0.5) is 0 Å². The molecule has 0 aliphatic heterocycles. The number of carbonyl (C=O) groups excluding carboxylic acids is 1. The van der Waals surface area contributed by atoms with Crippen LogP contribution < -0.4 is 16.5 Å². The van der Waals surface area contributed by atoms with Crippen molar-refractivity contribution < 1.29 is 10.0 Å². The van der Waals surface area contributed by atoms with Crippen LogP contribution in [0.3, 0.4) is 0 Å². The number of aromatic amines is 1. The summed E-state index contributed by atoms with van der Waals surface area (Å²) in [5, 5.41) is 13.9. The van der Waals surface area contributed by atoms with Gasteiger partial charge in [-0.15, -0.1) is 0 Å². The highest BCUT2D eigenvalue weighted by Crippen LogP contribution is 1.96. The highest BCUT2D eigenvalue weighted by atomic mass is 16.4. The molecule has 1 rings (SSSR count). The maximum atomic E-state index is 11.8. The maximum absolute atomic E-state index is 11.8. The molecule has 0 radical (unpaired) electrons. The topological polar surface area (TPSA) is 121 Å². The fourth-order valence-corrected chi connectivity index (χ4v) is 1.44. The van der Waals surface area contributed by atoms with Gasteiger partial charge in [-0.2, -0.15) is 0 Å². The number of H-pyrrole nitrogens is 1. The van der Waals surface area contributed by atoms with Crippen molar-refractivity contribution in [2.24, 2.45) is 10.9 Å². The van der Waals surface area contributed by atoms with Gasteiger partial charge in [-0.3, -0.25) is 9.59 Å². The third-order valence-corrected chi connectivity index (χ3v) is 2.49. The van der Waals surface area contributed by atoms with Crippen LogP contribution in [0.5, 0.6) is 0 Å². The summed E-state index contributed by atoms with van der Waals surface area (Å²) in [6.45, 7) is 3.48. The van der Waals surface area contributed by atoms with Crippen molar-refractivity contribution in [2.75, 3.05) is 0 Å². The molecule has 98 valence electrons. The van der Waals surface area contributed by atoms with Crippen molar-refractivity contribution in [3.05, 3.63) is 33.7 Å². The monoisotopic (exact) mass is 252 g/mol. The van der Waals surface area contributed by atoms with Gasteiger partial charge in [0.1, 0.15) is 5.56 Å². The van der Waals surface area contributed by atoms with Crippen LogP contribution in [-0.4, -0.2) is 28.0 Å². The molecule has 1 heterocycles. The van der Waals surface area contributed by atoms with E-state index in [9.17, 15) is 9.59 Å². The van der Waals surface area contributed by atoms with E-state index in [1.807, 2.05) is 0 Å². The van der Waals surface area contributed by atoms with Gasteiger partial charge in [0.25, 0.3) is 5.91 Å². The fraction of sp³-hybridized carbons (Fsp3) is 0.364. The summed E-state index contributed by atoms with van der Waals surface area (Å²) in [6.07, 6.45) is 1.79. The molecule has 1 aromatic heterocycles. The lowest BCUT2D eigenvalue weighted by Crippen LogP contribution is -2.45. The minimum atomic E-state index is -0.608. The highest BCUT2D eigenvalue weighted by Gasteiger charge is 2.17. The number of nitrogens with one attached hydrogen (secondary N) is 2. The second kappa shape index (κ2) is 5.85. The zero-order valence-corrected chi connectivity index (χ0v) is 10.2. The quantitative estimate of drug-likeness (QED) is 0.259. The van der Waals surface area contributed by atoms with Crippen LogP contribution in [0, 0.1) is 6.92 Å². The Kier molecular flexibility index (Phi) is 4.47. The SMILES string of the molecule is CCC(NC(=O)c1c[nH]c(C)cc1=O)C(N)=NO. The van der Waals surface area contributed by atoms with Gasteiger partial charge in [-0.05, 0) is 13.3 Å². The van der Waals surface area contributed by atoms with Gasteiger partial charge in [-0.25, -0.2) is 0 Å². The molecule has 1 amide bonds. The highest BCUT2D eigenvalue weighted by molar-refractivity contribution is 5.97. The summed E-state index contributed by atoms with van der Waals surface area (Å²) >= 11 is 0. The van der Waals surface area contributed by atoms with Crippen LogP contribution in [0.15, 0.2) is 22.2 Å². The van der Waals surface area contributed by atoms with Gasteiger partial charge in [0.15, 0.2) is 11.3 Å². The molecule has 0 aromatic carbocycles.